The Hall–Kier alpha value is -0.790. The zero-order chi connectivity index (χ0) is 18.1. The Kier molecular flexibility index (Phi) is 6.15. The van der Waals surface area contributed by atoms with Gasteiger partial charge in [-0.3, -0.25) is 0 Å². The molecule has 0 aromatic heterocycles. The van der Waals surface area contributed by atoms with E-state index in [0.717, 1.165) is 0 Å². The average molecular weight is 364 g/mol. The minimum atomic E-state index is -4.18. The molecular weight excluding hydrogens is 337 g/mol. The minimum absolute atomic E-state index is 0.0786. The van der Waals surface area contributed by atoms with Crippen LogP contribution in [0.4, 0.5) is 4.39 Å². The van der Waals surface area contributed by atoms with Gasteiger partial charge in [0, 0.05) is 0 Å². The Morgan fingerprint density at radius 3 is 1.91 bits per heavy atom. The predicted molar refractivity (Wildman–Crippen MR) is 92.8 cm³/mol. The van der Waals surface area contributed by atoms with Crippen molar-refractivity contribution in [3.8, 4) is 0 Å². The lowest BCUT2D eigenvalue weighted by atomic mass is 9.88. The first-order valence-electron chi connectivity index (χ1n) is 7.39. The van der Waals surface area contributed by atoms with Crippen LogP contribution in [0.2, 0.25) is 0 Å². The third-order valence-electron chi connectivity index (χ3n) is 3.35. The molecule has 0 saturated carbocycles. The Morgan fingerprint density at radius 1 is 1.04 bits per heavy atom. The lowest BCUT2D eigenvalue weighted by Gasteiger charge is -2.35. The first-order valence-corrected chi connectivity index (χ1v) is 10.1. The number of alkyl halides is 1. The molecule has 0 bridgehead atoms. The van der Waals surface area contributed by atoms with Crippen LogP contribution in [0.25, 0.3) is 0 Å². The van der Waals surface area contributed by atoms with Gasteiger partial charge >= 0.3 is 0 Å². The standard InChI is InChI=1S/C16H26FNO3S2/c1-15(2,3)13(18-22(19)16(4,5)6)14(17)23(20,21)12-10-8-7-9-11-12/h7-11,13-14,18H,1-6H3/t13-,14-,22-/m1/s1. The second kappa shape index (κ2) is 6.99. The lowest BCUT2D eigenvalue weighted by molar-refractivity contribution is 0.218. The Labute approximate surface area is 141 Å². The predicted octanol–water partition coefficient (Wildman–Crippen LogP) is 3.22. The van der Waals surface area contributed by atoms with Crippen LogP contribution in [0.3, 0.4) is 0 Å². The molecule has 0 aliphatic rings. The number of benzene rings is 1. The van der Waals surface area contributed by atoms with Crippen molar-refractivity contribution >= 4 is 20.8 Å². The van der Waals surface area contributed by atoms with Gasteiger partial charge in [0.15, 0.2) is 0 Å². The van der Waals surface area contributed by atoms with E-state index in [1.165, 1.54) is 12.1 Å². The van der Waals surface area contributed by atoms with Crippen LogP contribution in [0, 0.1) is 5.41 Å². The highest BCUT2D eigenvalue weighted by atomic mass is 32.2. The van der Waals surface area contributed by atoms with Crippen molar-refractivity contribution in [2.75, 3.05) is 0 Å². The molecule has 0 fully saturated rings. The highest BCUT2D eigenvalue weighted by Crippen LogP contribution is 2.30. The van der Waals surface area contributed by atoms with E-state index < -0.39 is 42.5 Å². The van der Waals surface area contributed by atoms with E-state index in [-0.39, 0.29) is 4.90 Å². The van der Waals surface area contributed by atoms with E-state index in [2.05, 4.69) is 4.72 Å². The summed E-state index contributed by atoms with van der Waals surface area (Å²) in [6.07, 6.45) is 0. The molecule has 23 heavy (non-hydrogen) atoms. The van der Waals surface area contributed by atoms with Crippen LogP contribution in [-0.2, 0) is 20.8 Å². The smallest absolute Gasteiger partial charge is 0.221 e. The molecule has 1 N–H and O–H groups in total. The van der Waals surface area contributed by atoms with Crippen LogP contribution in [0.1, 0.15) is 41.5 Å². The monoisotopic (exact) mass is 363 g/mol. The summed E-state index contributed by atoms with van der Waals surface area (Å²) in [5.41, 5.74) is -2.93. The normalized spacial score (nSPS) is 17.5. The fraction of sp³-hybridized carbons (Fsp3) is 0.625. The number of hydrogen-bond donors (Lipinski definition) is 1. The third kappa shape index (κ3) is 5.09. The van der Waals surface area contributed by atoms with E-state index >= 15 is 0 Å². The summed E-state index contributed by atoms with van der Waals surface area (Å²) in [5, 5.41) is 0. The molecule has 3 atom stereocenters. The summed E-state index contributed by atoms with van der Waals surface area (Å²) in [6.45, 7) is 10.4. The van der Waals surface area contributed by atoms with Crippen molar-refractivity contribution in [1.82, 2.24) is 4.72 Å². The molecular formula is C16H26FNO3S2. The van der Waals surface area contributed by atoms with Crippen molar-refractivity contribution in [3.05, 3.63) is 30.3 Å². The van der Waals surface area contributed by atoms with Gasteiger partial charge < -0.3 is 0 Å². The van der Waals surface area contributed by atoms with Gasteiger partial charge in [-0.05, 0) is 38.3 Å². The zero-order valence-electron chi connectivity index (χ0n) is 14.5. The van der Waals surface area contributed by atoms with E-state index in [4.69, 9.17) is 0 Å². The van der Waals surface area contributed by atoms with Gasteiger partial charge in [0.05, 0.1) is 26.7 Å². The molecule has 0 heterocycles. The summed E-state index contributed by atoms with van der Waals surface area (Å²) in [4.78, 5) is -0.0786. The molecule has 1 aromatic carbocycles. The molecule has 1 rings (SSSR count). The van der Waals surface area contributed by atoms with Gasteiger partial charge in [-0.25, -0.2) is 21.7 Å². The number of rotatable bonds is 5. The topological polar surface area (TPSA) is 63.2 Å². The lowest BCUT2D eigenvalue weighted by Crippen LogP contribution is -2.53. The molecule has 1 aromatic rings. The minimum Gasteiger partial charge on any atom is -0.242 e. The molecule has 0 spiro atoms. The summed E-state index contributed by atoms with van der Waals surface area (Å²) >= 11 is 0. The molecule has 0 radical (unpaired) electrons. The summed E-state index contributed by atoms with van der Waals surface area (Å²) in [7, 11) is -5.76. The molecule has 0 saturated heterocycles. The largest absolute Gasteiger partial charge is 0.242 e. The SMILES string of the molecule is CC(C)(C)[C@H](N[S@](=O)C(C)(C)C)[C@H](F)S(=O)(=O)c1ccccc1. The Morgan fingerprint density at radius 2 is 1.52 bits per heavy atom. The summed E-state index contributed by atoms with van der Waals surface area (Å²) < 4.78 is 54.5. The number of sulfone groups is 1. The number of nitrogens with one attached hydrogen (secondary N) is 1. The second-order valence-electron chi connectivity index (χ2n) is 7.55. The average Bonchev–Trinajstić information content (AvgIpc) is 2.42. The Balaban J connectivity index is 3.21. The Bertz CT molecular complexity index is 646. The molecule has 0 aliphatic heterocycles. The van der Waals surface area contributed by atoms with Crippen LogP contribution in [0.15, 0.2) is 35.2 Å². The number of hydrogen-bond acceptors (Lipinski definition) is 3. The van der Waals surface area contributed by atoms with Gasteiger partial charge in [-0.15, -0.1) is 0 Å². The van der Waals surface area contributed by atoms with Crippen molar-refractivity contribution in [3.63, 3.8) is 0 Å². The fourth-order valence-corrected chi connectivity index (χ4v) is 4.61. The van der Waals surface area contributed by atoms with Gasteiger partial charge in [0.2, 0.25) is 15.3 Å². The second-order valence-corrected chi connectivity index (χ2v) is 11.6. The van der Waals surface area contributed by atoms with E-state index in [1.54, 1.807) is 59.7 Å². The van der Waals surface area contributed by atoms with Crippen LogP contribution < -0.4 is 4.72 Å². The van der Waals surface area contributed by atoms with Crippen molar-refractivity contribution < 1.29 is 17.0 Å². The maximum atomic E-state index is 15.0. The van der Waals surface area contributed by atoms with Gasteiger partial charge in [-0.1, -0.05) is 39.0 Å². The zero-order valence-corrected chi connectivity index (χ0v) is 16.1. The van der Waals surface area contributed by atoms with Crippen LogP contribution >= 0.6 is 0 Å². The highest BCUT2D eigenvalue weighted by Gasteiger charge is 2.43. The molecule has 0 aliphatic carbocycles. The van der Waals surface area contributed by atoms with Gasteiger partial charge in [0.25, 0.3) is 0 Å². The van der Waals surface area contributed by atoms with Crippen molar-refractivity contribution in [2.45, 2.75) is 62.7 Å². The molecule has 0 unspecified atom stereocenters. The first kappa shape index (κ1) is 20.3. The number of halogens is 1. The van der Waals surface area contributed by atoms with Crippen LogP contribution in [0.5, 0.6) is 0 Å². The maximum Gasteiger partial charge on any atom is 0.221 e. The third-order valence-corrected chi connectivity index (χ3v) is 6.73. The quantitative estimate of drug-likeness (QED) is 0.874. The van der Waals surface area contributed by atoms with Gasteiger partial charge in [-0.2, -0.15) is 0 Å². The molecule has 132 valence electrons. The molecule has 0 amide bonds. The van der Waals surface area contributed by atoms with Crippen molar-refractivity contribution in [1.29, 1.82) is 0 Å². The highest BCUT2D eigenvalue weighted by molar-refractivity contribution is 7.92. The maximum absolute atomic E-state index is 15.0. The van der Waals surface area contributed by atoms with Crippen molar-refractivity contribution in [2.24, 2.45) is 5.41 Å². The van der Waals surface area contributed by atoms with E-state index in [1.807, 2.05) is 0 Å². The first-order chi connectivity index (χ1) is 10.3. The summed E-state index contributed by atoms with van der Waals surface area (Å²) in [6, 6.07) is 6.39. The van der Waals surface area contributed by atoms with Gasteiger partial charge in [0.1, 0.15) is 0 Å². The fourth-order valence-electron chi connectivity index (χ4n) is 1.83. The van der Waals surface area contributed by atoms with E-state index in [9.17, 15) is 17.0 Å². The summed E-state index contributed by atoms with van der Waals surface area (Å²) in [5.74, 6) is 0. The molecule has 4 nitrogen and oxygen atoms in total. The van der Waals surface area contributed by atoms with Crippen LogP contribution in [-0.4, -0.2) is 28.9 Å². The van der Waals surface area contributed by atoms with E-state index in [0.29, 0.717) is 0 Å². The molecule has 7 heteroatoms.